The first-order valence-electron chi connectivity index (χ1n) is 10.4. The lowest BCUT2D eigenvalue weighted by Gasteiger charge is -2.24. The highest BCUT2D eigenvalue weighted by Gasteiger charge is 2.29. The van der Waals surface area contributed by atoms with Crippen LogP contribution in [0, 0.1) is 11.7 Å². The van der Waals surface area contributed by atoms with Crippen LogP contribution in [-0.2, 0) is 4.79 Å². The number of carbonyl (C=O) groups excluding carboxylic acids is 2. The van der Waals surface area contributed by atoms with Crippen molar-refractivity contribution in [3.63, 3.8) is 0 Å². The Morgan fingerprint density at radius 1 is 1.00 bits per heavy atom. The zero-order valence-corrected chi connectivity index (χ0v) is 22.4. The van der Waals surface area contributed by atoms with Crippen LogP contribution in [0.15, 0.2) is 48.7 Å². The summed E-state index contributed by atoms with van der Waals surface area (Å²) in [6.07, 6.45) is 1.42. The van der Waals surface area contributed by atoms with E-state index in [0.29, 0.717) is 11.3 Å². The number of methoxy groups -OCH3 is 1. The van der Waals surface area contributed by atoms with E-state index in [2.05, 4.69) is 15.6 Å². The van der Waals surface area contributed by atoms with Crippen molar-refractivity contribution < 1.29 is 18.7 Å². The van der Waals surface area contributed by atoms with Gasteiger partial charge in [0.1, 0.15) is 10.8 Å². The number of rotatable bonds is 9. The lowest BCUT2D eigenvalue weighted by atomic mass is 9.88. The van der Waals surface area contributed by atoms with Crippen molar-refractivity contribution in [3.05, 3.63) is 80.7 Å². The molecule has 0 fully saturated rings. The number of nitrogens with one attached hydrogen (secondary N) is 2. The summed E-state index contributed by atoms with van der Waals surface area (Å²) in [5, 5.41) is 5.56. The number of ether oxygens (including phenoxy) is 1. The van der Waals surface area contributed by atoms with Gasteiger partial charge < -0.3 is 15.4 Å². The highest BCUT2D eigenvalue weighted by molar-refractivity contribution is 6.36. The molecule has 0 aliphatic heterocycles. The quantitative estimate of drug-likeness (QED) is 0.256. The summed E-state index contributed by atoms with van der Waals surface area (Å²) in [4.78, 5) is 30.0. The van der Waals surface area contributed by atoms with Crippen molar-refractivity contribution in [2.75, 3.05) is 29.5 Å². The number of aromatic nitrogens is 1. The fourth-order valence-electron chi connectivity index (χ4n) is 3.40. The smallest absolute Gasteiger partial charge is 0.257 e. The Labute approximate surface area is 232 Å². The maximum atomic E-state index is 13.6. The summed E-state index contributed by atoms with van der Waals surface area (Å²) in [7, 11) is 1.40. The monoisotopic (exact) mass is 591 g/mol. The van der Waals surface area contributed by atoms with E-state index in [9.17, 15) is 14.0 Å². The molecule has 3 rings (SSSR count). The summed E-state index contributed by atoms with van der Waals surface area (Å²) in [6, 6.07) is 10.0. The molecule has 0 saturated carbocycles. The lowest BCUT2D eigenvalue weighted by Crippen LogP contribution is -2.30. The van der Waals surface area contributed by atoms with Gasteiger partial charge in [-0.1, -0.05) is 40.9 Å². The van der Waals surface area contributed by atoms with Crippen LogP contribution in [0.4, 0.5) is 15.8 Å². The Morgan fingerprint density at radius 3 is 2.39 bits per heavy atom. The topological polar surface area (TPSA) is 80.3 Å². The summed E-state index contributed by atoms with van der Waals surface area (Å²) in [5.41, 5.74) is 1.22. The fraction of sp³-hybridized carbons (Fsp3) is 0.208. The highest BCUT2D eigenvalue weighted by atomic mass is 35.5. The molecular formula is C24H19Cl5FN3O3. The van der Waals surface area contributed by atoms with Gasteiger partial charge in [0.25, 0.3) is 5.91 Å². The normalized spacial score (nSPS) is 12.5. The molecule has 0 spiro atoms. The summed E-state index contributed by atoms with van der Waals surface area (Å²) in [5.74, 6) is -2.81. The molecule has 0 bridgehead atoms. The Kier molecular flexibility index (Phi) is 10.0. The molecule has 36 heavy (non-hydrogen) atoms. The van der Waals surface area contributed by atoms with Gasteiger partial charge in [-0.3, -0.25) is 9.59 Å². The van der Waals surface area contributed by atoms with Crippen LogP contribution in [0.25, 0.3) is 0 Å². The maximum absolute atomic E-state index is 13.6. The van der Waals surface area contributed by atoms with E-state index in [1.54, 1.807) is 0 Å². The third kappa shape index (κ3) is 6.52. The summed E-state index contributed by atoms with van der Waals surface area (Å²) in [6.45, 7) is 0. The second-order valence-electron chi connectivity index (χ2n) is 7.51. The molecule has 2 atom stereocenters. The van der Waals surface area contributed by atoms with Crippen molar-refractivity contribution in [1.82, 2.24) is 4.98 Å². The first kappa shape index (κ1) is 28.3. The van der Waals surface area contributed by atoms with Crippen LogP contribution >= 0.6 is 58.0 Å². The fourth-order valence-corrected chi connectivity index (χ4v) is 4.77. The first-order chi connectivity index (χ1) is 17.2. The van der Waals surface area contributed by atoms with E-state index in [1.165, 1.54) is 55.8 Å². The van der Waals surface area contributed by atoms with E-state index < -0.39 is 29.5 Å². The zero-order valence-electron chi connectivity index (χ0n) is 18.6. The minimum atomic E-state index is -0.776. The molecule has 0 saturated heterocycles. The number of nitrogens with zero attached hydrogens (tertiary/aromatic N) is 1. The standard InChI is InChI=1S/C24H19Cl5FN3O3/c1-36-24-21(29)20(6-7-31-24)33-22(34)14-9-13(3-4-17(14)27)32-23(35)16(11-26)15(10-25)12-2-5-19(30)18(28)8-12/h2-9,15-16H,10-11H2,1H3,(H,32,35)(H,31,33,34). The third-order valence-electron chi connectivity index (χ3n) is 5.30. The van der Waals surface area contributed by atoms with E-state index in [0.717, 1.165) is 0 Å². The number of amides is 2. The van der Waals surface area contributed by atoms with Gasteiger partial charge in [0, 0.05) is 29.6 Å². The summed E-state index contributed by atoms with van der Waals surface area (Å²) >= 11 is 30.6. The van der Waals surface area contributed by atoms with Gasteiger partial charge in [0.15, 0.2) is 0 Å². The van der Waals surface area contributed by atoms with E-state index >= 15 is 0 Å². The van der Waals surface area contributed by atoms with Crippen LogP contribution in [0.2, 0.25) is 15.1 Å². The maximum Gasteiger partial charge on any atom is 0.257 e. The van der Waals surface area contributed by atoms with Crippen molar-refractivity contribution in [1.29, 1.82) is 0 Å². The number of hydrogen-bond acceptors (Lipinski definition) is 4. The minimum absolute atomic E-state index is 0.0389. The molecule has 2 N–H and O–H groups in total. The number of pyridine rings is 1. The molecule has 6 nitrogen and oxygen atoms in total. The van der Waals surface area contributed by atoms with Gasteiger partial charge >= 0.3 is 0 Å². The molecular weight excluding hydrogens is 575 g/mol. The third-order valence-corrected chi connectivity index (χ3v) is 6.95. The van der Waals surface area contributed by atoms with Gasteiger partial charge in [0.05, 0.1) is 34.3 Å². The predicted molar refractivity (Wildman–Crippen MR) is 143 cm³/mol. The summed E-state index contributed by atoms with van der Waals surface area (Å²) < 4.78 is 18.6. The molecule has 3 aromatic rings. The Hall–Kier alpha value is -2.29. The largest absolute Gasteiger partial charge is 0.480 e. The molecule has 0 radical (unpaired) electrons. The first-order valence-corrected chi connectivity index (χ1v) is 12.6. The second-order valence-corrected chi connectivity index (χ2v) is 9.32. The van der Waals surface area contributed by atoms with Crippen LogP contribution in [0.1, 0.15) is 21.8 Å². The second kappa shape index (κ2) is 12.8. The van der Waals surface area contributed by atoms with Crippen molar-refractivity contribution >= 4 is 81.2 Å². The molecule has 2 unspecified atom stereocenters. The molecule has 2 amide bonds. The number of alkyl halides is 2. The molecule has 0 aliphatic carbocycles. The average Bonchev–Trinajstić information content (AvgIpc) is 2.86. The number of halogens is 6. The molecule has 1 heterocycles. The molecule has 1 aromatic heterocycles. The minimum Gasteiger partial charge on any atom is -0.480 e. The Morgan fingerprint density at radius 2 is 1.75 bits per heavy atom. The van der Waals surface area contributed by atoms with Crippen LogP contribution in [0.5, 0.6) is 5.88 Å². The van der Waals surface area contributed by atoms with Gasteiger partial charge in [0.2, 0.25) is 11.8 Å². The Bertz CT molecular complexity index is 1280. The van der Waals surface area contributed by atoms with E-state index in [4.69, 9.17) is 62.7 Å². The number of benzene rings is 2. The molecule has 2 aromatic carbocycles. The molecule has 0 aliphatic rings. The van der Waals surface area contributed by atoms with Gasteiger partial charge in [-0.15, -0.1) is 23.2 Å². The van der Waals surface area contributed by atoms with Crippen LogP contribution in [0.3, 0.4) is 0 Å². The molecule has 190 valence electrons. The number of hydrogen-bond donors (Lipinski definition) is 2. The lowest BCUT2D eigenvalue weighted by molar-refractivity contribution is -0.119. The van der Waals surface area contributed by atoms with Crippen molar-refractivity contribution in [2.24, 2.45) is 5.92 Å². The predicted octanol–water partition coefficient (Wildman–Crippen LogP) is 7.26. The van der Waals surface area contributed by atoms with E-state index in [1.807, 2.05) is 0 Å². The highest BCUT2D eigenvalue weighted by Crippen LogP contribution is 2.33. The average molecular weight is 594 g/mol. The number of anilines is 2. The van der Waals surface area contributed by atoms with Gasteiger partial charge in [-0.25, -0.2) is 9.37 Å². The van der Waals surface area contributed by atoms with E-state index in [-0.39, 0.29) is 44.0 Å². The van der Waals surface area contributed by atoms with Gasteiger partial charge in [-0.05, 0) is 42.0 Å². The molecule has 12 heteroatoms. The van der Waals surface area contributed by atoms with Gasteiger partial charge in [-0.2, -0.15) is 0 Å². The zero-order chi connectivity index (χ0) is 26.4. The van der Waals surface area contributed by atoms with Crippen LogP contribution in [-0.4, -0.2) is 35.7 Å². The van der Waals surface area contributed by atoms with Crippen LogP contribution < -0.4 is 15.4 Å². The Balaban J connectivity index is 1.81. The SMILES string of the molecule is COc1nccc(NC(=O)c2cc(NC(=O)C(CCl)C(CCl)c3ccc(F)c(Cl)c3)ccc2Cl)c1Cl. The van der Waals surface area contributed by atoms with Crippen molar-refractivity contribution in [2.45, 2.75) is 5.92 Å². The number of carbonyl (C=O) groups is 2. The van der Waals surface area contributed by atoms with Crippen molar-refractivity contribution in [3.8, 4) is 5.88 Å².